The Balaban J connectivity index is 2.42. The number of fused-ring (bicyclic) bond motifs is 2. The first-order valence-electron chi connectivity index (χ1n) is 4.40. The second kappa shape index (κ2) is 2.12. The molecule has 12 heavy (non-hydrogen) atoms. The summed E-state index contributed by atoms with van der Waals surface area (Å²) in [6.45, 7) is 6.25. The van der Waals surface area contributed by atoms with Crippen LogP contribution in [0, 0.1) is 11.3 Å². The summed E-state index contributed by atoms with van der Waals surface area (Å²) in [6.07, 6.45) is 3.14. The minimum atomic E-state index is -0.0156. The minimum absolute atomic E-state index is 0.00579. The van der Waals surface area contributed by atoms with E-state index in [1.54, 1.807) is 0 Å². The summed E-state index contributed by atoms with van der Waals surface area (Å²) in [7, 11) is 0. The van der Waals surface area contributed by atoms with Crippen LogP contribution >= 0.6 is 0 Å². The highest BCUT2D eigenvalue weighted by atomic mass is 16.6. The summed E-state index contributed by atoms with van der Waals surface area (Å²) in [5.41, 5.74) is 1.20. The third-order valence-electron chi connectivity index (χ3n) is 3.00. The summed E-state index contributed by atoms with van der Waals surface area (Å²) < 4.78 is 5.23. The number of esters is 1. The molecular weight excluding hydrogens is 152 g/mol. The van der Waals surface area contributed by atoms with Gasteiger partial charge >= 0.3 is 5.97 Å². The predicted octanol–water partition coefficient (Wildman–Crippen LogP) is 1.90. The second-order valence-electron chi connectivity index (χ2n) is 4.42. The molecule has 0 radical (unpaired) electrons. The minimum Gasteiger partial charge on any atom is -0.458 e. The van der Waals surface area contributed by atoms with Crippen LogP contribution in [-0.4, -0.2) is 12.1 Å². The van der Waals surface area contributed by atoms with E-state index in [1.165, 1.54) is 5.57 Å². The van der Waals surface area contributed by atoms with Crippen molar-refractivity contribution < 1.29 is 9.53 Å². The molecule has 2 nitrogen and oxygen atoms in total. The van der Waals surface area contributed by atoms with Crippen molar-refractivity contribution in [1.82, 2.24) is 0 Å². The molecule has 0 aromatic carbocycles. The fourth-order valence-electron chi connectivity index (χ4n) is 2.25. The fraction of sp³-hybridized carbons (Fsp3) is 0.700. The zero-order valence-corrected chi connectivity index (χ0v) is 7.76. The number of hydrogen-bond donors (Lipinski definition) is 0. The molecule has 0 aromatic rings. The molecule has 0 N–H and O–H groups in total. The first-order valence-corrected chi connectivity index (χ1v) is 4.40. The van der Waals surface area contributed by atoms with Crippen molar-refractivity contribution in [2.24, 2.45) is 11.3 Å². The maximum Gasteiger partial charge on any atom is 0.310 e. The van der Waals surface area contributed by atoms with Crippen molar-refractivity contribution in [2.45, 2.75) is 33.3 Å². The van der Waals surface area contributed by atoms with Gasteiger partial charge in [-0.25, -0.2) is 0 Å². The van der Waals surface area contributed by atoms with Crippen molar-refractivity contribution in [3.8, 4) is 0 Å². The van der Waals surface area contributed by atoms with E-state index < -0.39 is 0 Å². The largest absolute Gasteiger partial charge is 0.458 e. The highest BCUT2D eigenvalue weighted by Gasteiger charge is 2.47. The molecule has 1 heterocycles. The highest BCUT2D eigenvalue weighted by Crippen LogP contribution is 2.44. The van der Waals surface area contributed by atoms with Crippen LogP contribution in [0.1, 0.15) is 27.2 Å². The van der Waals surface area contributed by atoms with E-state index in [9.17, 15) is 4.79 Å². The van der Waals surface area contributed by atoms with Gasteiger partial charge in [-0.2, -0.15) is 0 Å². The molecule has 2 aliphatic rings. The third-order valence-corrected chi connectivity index (χ3v) is 3.00. The summed E-state index contributed by atoms with van der Waals surface area (Å²) in [6, 6.07) is 0. The third kappa shape index (κ3) is 0.904. The summed E-state index contributed by atoms with van der Waals surface area (Å²) in [5.74, 6) is 0.0734. The molecule has 2 heteroatoms. The zero-order valence-electron chi connectivity index (χ0n) is 7.76. The van der Waals surface area contributed by atoms with Crippen LogP contribution in [0.2, 0.25) is 0 Å². The van der Waals surface area contributed by atoms with Crippen LogP contribution in [0.25, 0.3) is 0 Å². The number of hydrogen-bond acceptors (Lipinski definition) is 2. The van der Waals surface area contributed by atoms with Crippen LogP contribution in [0.15, 0.2) is 11.6 Å². The Hall–Kier alpha value is -0.790. The fourth-order valence-corrected chi connectivity index (χ4v) is 2.25. The maximum atomic E-state index is 11.4. The van der Waals surface area contributed by atoms with Gasteiger partial charge in [0.1, 0.15) is 6.10 Å². The van der Waals surface area contributed by atoms with Crippen molar-refractivity contribution >= 4 is 5.97 Å². The number of rotatable bonds is 0. The Labute approximate surface area is 72.6 Å². The molecule has 0 spiro atoms. The van der Waals surface area contributed by atoms with Gasteiger partial charge in [-0.3, -0.25) is 4.79 Å². The van der Waals surface area contributed by atoms with Crippen LogP contribution in [-0.2, 0) is 9.53 Å². The van der Waals surface area contributed by atoms with Crippen molar-refractivity contribution in [3.63, 3.8) is 0 Å². The van der Waals surface area contributed by atoms with E-state index in [0.717, 1.165) is 6.42 Å². The summed E-state index contributed by atoms with van der Waals surface area (Å²) in [4.78, 5) is 11.4. The predicted molar refractivity (Wildman–Crippen MR) is 45.5 cm³/mol. The molecule has 66 valence electrons. The lowest BCUT2D eigenvalue weighted by Crippen LogP contribution is -2.28. The first kappa shape index (κ1) is 7.84. The lowest BCUT2D eigenvalue weighted by atomic mass is 9.72. The van der Waals surface area contributed by atoms with Crippen molar-refractivity contribution in [1.29, 1.82) is 0 Å². The van der Waals surface area contributed by atoms with Crippen molar-refractivity contribution in [2.75, 3.05) is 0 Å². The molecule has 2 atom stereocenters. The molecular formula is C10H14O2. The topological polar surface area (TPSA) is 26.3 Å². The van der Waals surface area contributed by atoms with E-state index in [2.05, 4.69) is 19.9 Å². The monoisotopic (exact) mass is 166 g/mol. The maximum absolute atomic E-state index is 11.4. The summed E-state index contributed by atoms with van der Waals surface area (Å²) in [5, 5.41) is 0. The molecule has 2 bridgehead atoms. The van der Waals surface area contributed by atoms with Crippen LogP contribution in [0.5, 0.6) is 0 Å². The lowest BCUT2D eigenvalue weighted by Gasteiger charge is -2.29. The van der Waals surface area contributed by atoms with Gasteiger partial charge in [0, 0.05) is 6.42 Å². The Morgan fingerprint density at radius 2 is 2.25 bits per heavy atom. The van der Waals surface area contributed by atoms with E-state index >= 15 is 0 Å². The zero-order chi connectivity index (χ0) is 8.93. The Morgan fingerprint density at radius 3 is 2.92 bits per heavy atom. The quantitative estimate of drug-likeness (QED) is 0.406. The lowest BCUT2D eigenvalue weighted by molar-refractivity contribution is -0.144. The highest BCUT2D eigenvalue weighted by molar-refractivity contribution is 5.77. The smallest absolute Gasteiger partial charge is 0.310 e. The van der Waals surface area contributed by atoms with E-state index in [1.807, 2.05) is 6.92 Å². The summed E-state index contributed by atoms with van der Waals surface area (Å²) >= 11 is 0. The van der Waals surface area contributed by atoms with E-state index in [-0.39, 0.29) is 23.4 Å². The van der Waals surface area contributed by atoms with Crippen LogP contribution in [0.4, 0.5) is 0 Å². The van der Waals surface area contributed by atoms with E-state index in [4.69, 9.17) is 4.74 Å². The molecule has 2 unspecified atom stereocenters. The number of allylic oxidation sites excluding steroid dienone is 1. The van der Waals surface area contributed by atoms with E-state index in [0.29, 0.717) is 0 Å². The number of carbonyl (C=O) groups excluding carboxylic acids is 1. The SMILES string of the molecule is CC1=CC(C)(C)C2CC1OC2=O. The van der Waals surface area contributed by atoms with Gasteiger partial charge in [0.15, 0.2) is 0 Å². The molecule has 2 rings (SSSR count). The molecule has 1 aliphatic carbocycles. The normalized spacial score (nSPS) is 37.6. The van der Waals surface area contributed by atoms with Gasteiger partial charge in [-0.15, -0.1) is 0 Å². The average molecular weight is 166 g/mol. The van der Waals surface area contributed by atoms with Gasteiger partial charge in [-0.05, 0) is 17.9 Å². The van der Waals surface area contributed by atoms with Crippen LogP contribution < -0.4 is 0 Å². The Bertz CT molecular complexity index is 263. The molecule has 1 fully saturated rings. The Morgan fingerprint density at radius 1 is 1.58 bits per heavy atom. The van der Waals surface area contributed by atoms with Gasteiger partial charge in [0.2, 0.25) is 0 Å². The van der Waals surface area contributed by atoms with Crippen molar-refractivity contribution in [3.05, 3.63) is 11.6 Å². The first-order chi connectivity index (χ1) is 5.50. The van der Waals surface area contributed by atoms with Gasteiger partial charge < -0.3 is 4.74 Å². The molecule has 0 amide bonds. The number of carbonyl (C=O) groups is 1. The molecule has 0 saturated carbocycles. The van der Waals surface area contributed by atoms with Gasteiger partial charge in [0.05, 0.1) is 5.92 Å². The molecule has 1 saturated heterocycles. The average Bonchev–Trinajstić information content (AvgIpc) is 2.26. The standard InChI is InChI=1S/C10H14O2/c1-6-5-10(2,3)7-4-8(6)12-9(7)11/h5,7-8H,4H2,1-3H3. The Kier molecular flexibility index (Phi) is 1.39. The molecule has 1 aliphatic heterocycles. The van der Waals surface area contributed by atoms with Gasteiger partial charge in [-0.1, -0.05) is 19.9 Å². The molecule has 0 aromatic heterocycles. The second-order valence-corrected chi connectivity index (χ2v) is 4.42. The number of ether oxygens (including phenoxy) is 1. The van der Waals surface area contributed by atoms with Crippen LogP contribution in [0.3, 0.4) is 0 Å². The van der Waals surface area contributed by atoms with Gasteiger partial charge in [0.25, 0.3) is 0 Å².